The summed E-state index contributed by atoms with van der Waals surface area (Å²) in [6.07, 6.45) is 14.8. The van der Waals surface area contributed by atoms with Crippen molar-refractivity contribution in [2.75, 3.05) is 13.1 Å². The molecule has 1 aliphatic heterocycles. The summed E-state index contributed by atoms with van der Waals surface area (Å²) >= 11 is 0. The Morgan fingerprint density at radius 3 is 0.964 bits per heavy atom. The predicted octanol–water partition coefficient (Wildman–Crippen LogP) is 4.01. The van der Waals surface area contributed by atoms with Crippen molar-refractivity contribution >= 4 is 11.8 Å². The predicted molar refractivity (Wildman–Crippen MR) is 105 cm³/mol. The van der Waals surface area contributed by atoms with Crippen LogP contribution in [-0.2, 0) is 9.59 Å². The molecule has 4 heteroatoms. The Hall–Kier alpha value is -1.06. The van der Waals surface area contributed by atoms with E-state index in [1.54, 1.807) is 0 Å². The van der Waals surface area contributed by atoms with E-state index >= 15 is 0 Å². The Morgan fingerprint density at radius 2 is 0.750 bits per heavy atom. The minimum absolute atomic E-state index is 0.116. The summed E-state index contributed by atoms with van der Waals surface area (Å²) in [4.78, 5) is 27.5. The molecular weight excluding hydrogens is 348 g/mol. The number of hydrogen-bond donors (Lipinski definition) is 0. The lowest BCUT2D eigenvalue weighted by atomic mass is 9.49. The second-order valence-corrected chi connectivity index (χ2v) is 12.3. The molecule has 9 fully saturated rings. The van der Waals surface area contributed by atoms with Crippen LogP contribution < -0.4 is 0 Å². The minimum atomic E-state index is -0.116. The lowest BCUT2D eigenvalue weighted by molar-refractivity contribution is -0.209. The second kappa shape index (κ2) is 5.35. The zero-order chi connectivity index (χ0) is 18.7. The van der Waals surface area contributed by atoms with Gasteiger partial charge in [0.1, 0.15) is 0 Å². The van der Waals surface area contributed by atoms with Gasteiger partial charge in [0.05, 0.1) is 23.9 Å². The van der Waals surface area contributed by atoms with Gasteiger partial charge in [-0.05, 0) is 113 Å². The van der Waals surface area contributed by atoms with Crippen LogP contribution in [0.3, 0.4) is 0 Å². The van der Waals surface area contributed by atoms with Crippen LogP contribution in [0.15, 0.2) is 0 Å². The highest BCUT2D eigenvalue weighted by atomic mass is 16.2. The molecule has 8 bridgehead atoms. The summed E-state index contributed by atoms with van der Waals surface area (Å²) in [6, 6.07) is 0. The molecule has 0 spiro atoms. The topological polar surface area (TPSA) is 40.6 Å². The van der Waals surface area contributed by atoms with Gasteiger partial charge in [-0.3, -0.25) is 9.59 Å². The molecule has 2 amide bonds. The maximum atomic E-state index is 13.8. The third kappa shape index (κ3) is 2.13. The third-order valence-corrected chi connectivity index (χ3v) is 10.3. The fourth-order valence-corrected chi connectivity index (χ4v) is 10.0. The molecule has 28 heavy (non-hydrogen) atoms. The van der Waals surface area contributed by atoms with Gasteiger partial charge >= 0.3 is 0 Å². The second-order valence-electron chi connectivity index (χ2n) is 12.3. The first-order chi connectivity index (χ1) is 13.5. The summed E-state index contributed by atoms with van der Waals surface area (Å²) in [5.41, 5.74) is -0.232. The first-order valence-corrected chi connectivity index (χ1v) is 12.2. The molecule has 8 saturated carbocycles. The van der Waals surface area contributed by atoms with Crippen molar-refractivity contribution in [1.29, 1.82) is 0 Å². The Morgan fingerprint density at radius 1 is 0.500 bits per heavy atom. The molecule has 0 aromatic carbocycles. The quantitative estimate of drug-likeness (QED) is 0.724. The Labute approximate surface area is 168 Å². The highest BCUT2D eigenvalue weighted by Crippen LogP contribution is 2.62. The molecule has 0 N–H and O–H groups in total. The van der Waals surface area contributed by atoms with E-state index in [0.29, 0.717) is 11.8 Å². The number of amides is 2. The Kier molecular flexibility index (Phi) is 3.19. The number of nitrogens with zero attached hydrogens (tertiary/aromatic N) is 2. The monoisotopic (exact) mass is 382 g/mol. The maximum absolute atomic E-state index is 13.8. The fourth-order valence-electron chi connectivity index (χ4n) is 10.0. The van der Waals surface area contributed by atoms with Gasteiger partial charge in [-0.2, -0.15) is 0 Å². The number of hydrazine groups is 1. The van der Waals surface area contributed by atoms with Gasteiger partial charge in [-0.25, -0.2) is 10.0 Å². The summed E-state index contributed by atoms with van der Waals surface area (Å²) in [5, 5.41) is 3.85. The standard InChI is InChI=1S/C24H34N2O2/c27-21(23-9-15-3-16(10-23)5-17(4-15)11-23)25-1-2-26(25)22(28)24-12-18-6-19(13-24)8-20(7-18)14-24/h15-20H,1-14H2. The van der Waals surface area contributed by atoms with E-state index in [1.807, 2.05) is 10.0 Å². The lowest BCUT2D eigenvalue weighted by Crippen LogP contribution is -2.69. The van der Waals surface area contributed by atoms with E-state index in [1.165, 1.54) is 38.5 Å². The number of hydrogen-bond acceptors (Lipinski definition) is 2. The molecule has 0 aromatic heterocycles. The fraction of sp³-hybridized carbons (Fsp3) is 0.917. The van der Waals surface area contributed by atoms with Gasteiger partial charge in [-0.1, -0.05) is 0 Å². The molecule has 0 atom stereocenters. The highest BCUT2D eigenvalue weighted by Gasteiger charge is 2.60. The average Bonchev–Trinajstić information content (AvgIpc) is 2.58. The van der Waals surface area contributed by atoms with Gasteiger partial charge in [0, 0.05) is 0 Å². The summed E-state index contributed by atoms with van der Waals surface area (Å²) < 4.78 is 0. The van der Waals surface area contributed by atoms with Crippen LogP contribution in [0.4, 0.5) is 0 Å². The van der Waals surface area contributed by atoms with E-state index in [0.717, 1.165) is 87.1 Å². The smallest absolute Gasteiger partial charge is 0.247 e. The normalized spacial score (nSPS) is 52.9. The van der Waals surface area contributed by atoms with Crippen molar-refractivity contribution in [2.45, 2.75) is 77.0 Å². The van der Waals surface area contributed by atoms with Crippen LogP contribution in [0.2, 0.25) is 0 Å². The van der Waals surface area contributed by atoms with Crippen molar-refractivity contribution < 1.29 is 9.59 Å². The van der Waals surface area contributed by atoms with Gasteiger partial charge < -0.3 is 0 Å². The van der Waals surface area contributed by atoms with Crippen LogP contribution >= 0.6 is 0 Å². The van der Waals surface area contributed by atoms with Crippen molar-refractivity contribution in [3.05, 3.63) is 0 Å². The van der Waals surface area contributed by atoms with Gasteiger partial charge in [0.15, 0.2) is 0 Å². The SMILES string of the molecule is O=C(N1CCN1C(=O)C12CC3CC(CC(C3)C1)C2)C12CC3CC(CC(C3)C1)C2. The summed E-state index contributed by atoms with van der Waals surface area (Å²) in [7, 11) is 0. The molecule has 9 rings (SSSR count). The molecule has 9 aliphatic rings. The van der Waals surface area contributed by atoms with E-state index in [9.17, 15) is 9.59 Å². The number of rotatable bonds is 2. The molecule has 0 radical (unpaired) electrons. The van der Waals surface area contributed by atoms with Gasteiger partial charge in [0.2, 0.25) is 11.8 Å². The van der Waals surface area contributed by atoms with Crippen LogP contribution in [-0.4, -0.2) is 34.9 Å². The van der Waals surface area contributed by atoms with E-state index in [2.05, 4.69) is 0 Å². The average molecular weight is 383 g/mol. The molecule has 152 valence electrons. The summed E-state index contributed by atoms with van der Waals surface area (Å²) in [6.45, 7) is 1.55. The molecule has 1 heterocycles. The molecule has 4 nitrogen and oxygen atoms in total. The molecule has 1 saturated heterocycles. The van der Waals surface area contributed by atoms with Crippen molar-refractivity contribution in [3.63, 3.8) is 0 Å². The van der Waals surface area contributed by atoms with Crippen LogP contribution in [0.5, 0.6) is 0 Å². The Balaban J connectivity index is 1.13. The number of carbonyl (C=O) groups excluding carboxylic acids is 2. The maximum Gasteiger partial charge on any atom is 0.247 e. The Bertz CT molecular complexity index is 610. The zero-order valence-corrected chi connectivity index (χ0v) is 17.1. The van der Waals surface area contributed by atoms with Gasteiger partial charge in [-0.15, -0.1) is 0 Å². The van der Waals surface area contributed by atoms with Crippen molar-refractivity contribution in [3.8, 4) is 0 Å². The van der Waals surface area contributed by atoms with Gasteiger partial charge in [0.25, 0.3) is 0 Å². The minimum Gasteiger partial charge on any atom is -0.272 e. The van der Waals surface area contributed by atoms with Crippen molar-refractivity contribution in [2.24, 2.45) is 46.3 Å². The lowest BCUT2D eigenvalue weighted by Gasteiger charge is -2.61. The summed E-state index contributed by atoms with van der Waals surface area (Å²) in [5.74, 6) is 5.35. The van der Waals surface area contributed by atoms with E-state index in [-0.39, 0.29) is 10.8 Å². The molecule has 0 aromatic rings. The number of carbonyl (C=O) groups is 2. The molecule has 8 aliphatic carbocycles. The largest absolute Gasteiger partial charge is 0.272 e. The van der Waals surface area contributed by atoms with Crippen LogP contribution in [0.1, 0.15) is 77.0 Å². The zero-order valence-electron chi connectivity index (χ0n) is 17.1. The third-order valence-electron chi connectivity index (χ3n) is 10.3. The molecular formula is C24H34N2O2. The van der Waals surface area contributed by atoms with E-state index < -0.39 is 0 Å². The van der Waals surface area contributed by atoms with Crippen LogP contribution in [0, 0.1) is 46.3 Å². The van der Waals surface area contributed by atoms with Crippen molar-refractivity contribution in [1.82, 2.24) is 10.0 Å². The first kappa shape index (κ1) is 16.7. The molecule has 0 unspecified atom stereocenters. The first-order valence-electron chi connectivity index (χ1n) is 12.2. The highest BCUT2D eigenvalue weighted by molar-refractivity contribution is 5.90. The van der Waals surface area contributed by atoms with Crippen LogP contribution in [0.25, 0.3) is 0 Å². The van der Waals surface area contributed by atoms with E-state index in [4.69, 9.17) is 0 Å².